The van der Waals surface area contributed by atoms with Gasteiger partial charge in [0.25, 0.3) is 0 Å². The van der Waals surface area contributed by atoms with Crippen LogP contribution in [0, 0.1) is 0 Å². The molecule has 0 aliphatic heterocycles. The molecular weight excluding hydrogens is 488 g/mol. The zero-order valence-corrected chi connectivity index (χ0v) is 24.7. The van der Waals surface area contributed by atoms with E-state index >= 15 is 0 Å². The first-order valence-corrected chi connectivity index (χ1v) is 14.4. The summed E-state index contributed by atoms with van der Waals surface area (Å²) in [6, 6.07) is 5.60. The Morgan fingerprint density at radius 2 is 1.26 bits per heavy atom. The molecule has 1 aromatic rings. The Hall–Kier alpha value is -2.98. The van der Waals surface area contributed by atoms with Crippen molar-refractivity contribution in [2.45, 2.75) is 77.4 Å². The Balaban J connectivity index is 2.30. The van der Waals surface area contributed by atoms with Gasteiger partial charge in [-0.1, -0.05) is 107 Å². The summed E-state index contributed by atoms with van der Waals surface area (Å²) in [6.45, 7) is 8.65. The molecule has 206 valence electrons. The molecule has 0 spiro atoms. The van der Waals surface area contributed by atoms with Gasteiger partial charge in [-0.2, -0.15) is 0 Å². The van der Waals surface area contributed by atoms with E-state index in [0.29, 0.717) is 11.5 Å². The molecule has 0 aromatic heterocycles. The Morgan fingerprint density at radius 3 is 1.74 bits per heavy atom. The van der Waals surface area contributed by atoms with Gasteiger partial charge in [0.1, 0.15) is 0 Å². The van der Waals surface area contributed by atoms with Gasteiger partial charge in [0, 0.05) is 4.75 Å². The maximum atomic E-state index is 12.3. The number of methoxy groups -OCH3 is 1. The van der Waals surface area contributed by atoms with Crippen molar-refractivity contribution in [1.29, 1.82) is 0 Å². The average Bonchev–Trinajstić information content (AvgIpc) is 2.87. The molecule has 0 heterocycles. The Labute approximate surface area is 235 Å². The number of rotatable bonds is 17. The van der Waals surface area contributed by atoms with Gasteiger partial charge in [0.15, 0.2) is 11.5 Å². The summed E-state index contributed by atoms with van der Waals surface area (Å²) in [4.78, 5) is 12.3. The van der Waals surface area contributed by atoms with Gasteiger partial charge < -0.3 is 9.47 Å². The van der Waals surface area contributed by atoms with E-state index in [2.05, 4.69) is 93.9 Å². The predicted octanol–water partition coefficient (Wildman–Crippen LogP) is 10.2. The van der Waals surface area contributed by atoms with Crippen molar-refractivity contribution in [3.05, 3.63) is 102 Å². The first kappa shape index (κ1) is 33.0. The second kappa shape index (κ2) is 21.0. The van der Waals surface area contributed by atoms with Crippen molar-refractivity contribution >= 4 is 23.8 Å². The molecular formula is C34H46O3S. The van der Waals surface area contributed by atoms with Crippen LogP contribution in [0.3, 0.4) is 0 Å². The molecule has 0 unspecified atom stereocenters. The Bertz CT molecular complexity index is 1000. The fourth-order valence-corrected chi connectivity index (χ4v) is 3.69. The molecule has 0 fully saturated rings. The lowest BCUT2D eigenvalue weighted by Crippen LogP contribution is -2.07. The zero-order valence-electron chi connectivity index (χ0n) is 23.9. The van der Waals surface area contributed by atoms with Crippen LogP contribution in [0.2, 0.25) is 0 Å². The van der Waals surface area contributed by atoms with Crippen molar-refractivity contribution in [1.82, 2.24) is 0 Å². The third-order valence-electron chi connectivity index (χ3n) is 4.97. The summed E-state index contributed by atoms with van der Waals surface area (Å²) in [5, 5.41) is 2.06. The molecule has 1 aromatic carbocycles. The lowest BCUT2D eigenvalue weighted by atomic mass is 10.2. The van der Waals surface area contributed by atoms with E-state index in [1.54, 1.807) is 18.9 Å². The van der Waals surface area contributed by atoms with Crippen LogP contribution in [0.5, 0.6) is 11.5 Å². The van der Waals surface area contributed by atoms with E-state index in [1.807, 2.05) is 36.4 Å². The van der Waals surface area contributed by atoms with E-state index in [9.17, 15) is 4.79 Å². The van der Waals surface area contributed by atoms with Crippen LogP contribution >= 0.6 is 11.8 Å². The third-order valence-corrected chi connectivity index (χ3v) is 5.95. The highest BCUT2D eigenvalue weighted by Crippen LogP contribution is 2.30. The summed E-state index contributed by atoms with van der Waals surface area (Å²) in [7, 11) is 1.57. The number of carbonyl (C=O) groups excluding carboxylic acids is 1. The number of carbonyl (C=O) groups is 1. The molecule has 0 saturated heterocycles. The zero-order chi connectivity index (χ0) is 27.9. The standard InChI is InChI=1S/C34H46O3S/c1-6-7-8-9-10-11-12-13-14-15-16-17-18-19-20-21-22-23-24-33(35)37-32-29-30(25-26-31(32)36-5)27-28-38-34(2,3)4/h7-8,10-11,13-14,16-17,19-20,22-23,25-29H,6,9,12,15,18,21,24H2,1-5H3. The fraction of sp³-hybridized carbons (Fsp3) is 0.382. The molecule has 0 radical (unpaired) electrons. The van der Waals surface area contributed by atoms with Gasteiger partial charge in [-0.25, -0.2) is 0 Å². The highest BCUT2D eigenvalue weighted by atomic mass is 32.2. The minimum atomic E-state index is -0.312. The smallest absolute Gasteiger partial charge is 0.315 e. The second-order valence-corrected chi connectivity index (χ2v) is 11.3. The third kappa shape index (κ3) is 18.3. The Morgan fingerprint density at radius 1 is 0.763 bits per heavy atom. The molecule has 0 N–H and O–H groups in total. The number of benzene rings is 1. The number of esters is 1. The molecule has 38 heavy (non-hydrogen) atoms. The van der Waals surface area contributed by atoms with Crippen molar-refractivity contribution < 1.29 is 14.3 Å². The number of hydrogen-bond donors (Lipinski definition) is 0. The summed E-state index contributed by atoms with van der Waals surface area (Å²) in [5.41, 5.74) is 0.958. The molecule has 0 bridgehead atoms. The molecule has 0 aliphatic rings. The number of allylic oxidation sites excluding steroid dienone is 11. The van der Waals surface area contributed by atoms with E-state index in [4.69, 9.17) is 9.47 Å². The SMILES string of the molecule is CCC=CCC=CCC=CCC=CCC=CCC=CCC(=O)Oc1cc(C=CSC(C)(C)C)ccc1OC. The fourth-order valence-electron chi connectivity index (χ4n) is 3.06. The molecule has 1 rings (SSSR count). The van der Waals surface area contributed by atoms with Gasteiger partial charge in [0.2, 0.25) is 0 Å². The molecule has 3 nitrogen and oxygen atoms in total. The van der Waals surface area contributed by atoms with Crippen LogP contribution in [0.1, 0.15) is 78.2 Å². The van der Waals surface area contributed by atoms with Crippen molar-refractivity contribution in [3.63, 3.8) is 0 Å². The maximum Gasteiger partial charge on any atom is 0.315 e. The largest absolute Gasteiger partial charge is 0.493 e. The van der Waals surface area contributed by atoms with E-state index in [1.165, 1.54) is 0 Å². The van der Waals surface area contributed by atoms with E-state index in [0.717, 1.165) is 44.1 Å². The minimum Gasteiger partial charge on any atom is -0.493 e. The lowest BCUT2D eigenvalue weighted by molar-refractivity contribution is -0.133. The van der Waals surface area contributed by atoms with Crippen LogP contribution in [0.4, 0.5) is 0 Å². The second-order valence-electron chi connectivity index (χ2n) is 9.54. The monoisotopic (exact) mass is 534 g/mol. The highest BCUT2D eigenvalue weighted by Gasteiger charge is 2.10. The number of ether oxygens (including phenoxy) is 2. The average molecular weight is 535 g/mol. The van der Waals surface area contributed by atoms with Crippen LogP contribution < -0.4 is 9.47 Å². The van der Waals surface area contributed by atoms with Gasteiger partial charge >= 0.3 is 5.97 Å². The van der Waals surface area contributed by atoms with Gasteiger partial charge in [0.05, 0.1) is 13.5 Å². The van der Waals surface area contributed by atoms with E-state index in [-0.39, 0.29) is 17.1 Å². The number of hydrogen-bond acceptors (Lipinski definition) is 4. The molecule has 4 heteroatoms. The first-order chi connectivity index (χ1) is 18.4. The van der Waals surface area contributed by atoms with Crippen molar-refractivity contribution in [2.24, 2.45) is 0 Å². The summed E-state index contributed by atoms with van der Waals surface area (Å²) in [6.07, 6.45) is 33.6. The van der Waals surface area contributed by atoms with Crippen LogP contribution in [0.25, 0.3) is 6.08 Å². The van der Waals surface area contributed by atoms with Gasteiger partial charge in [-0.05, 0) is 67.7 Å². The maximum absolute atomic E-state index is 12.3. The summed E-state index contributed by atoms with van der Waals surface area (Å²) in [5.74, 6) is 0.668. The molecule has 0 atom stereocenters. The topological polar surface area (TPSA) is 35.5 Å². The minimum absolute atomic E-state index is 0.150. The normalized spacial score (nSPS) is 13.1. The molecule has 0 saturated carbocycles. The summed E-state index contributed by atoms with van der Waals surface area (Å²) < 4.78 is 11.1. The van der Waals surface area contributed by atoms with Crippen molar-refractivity contribution in [3.8, 4) is 11.5 Å². The molecule has 0 amide bonds. The number of thioether (sulfide) groups is 1. The van der Waals surface area contributed by atoms with Gasteiger partial charge in [-0.15, -0.1) is 11.8 Å². The van der Waals surface area contributed by atoms with Crippen LogP contribution in [0.15, 0.2) is 96.5 Å². The van der Waals surface area contributed by atoms with E-state index < -0.39 is 0 Å². The van der Waals surface area contributed by atoms with Gasteiger partial charge in [-0.3, -0.25) is 4.79 Å². The molecule has 0 aliphatic carbocycles. The lowest BCUT2D eigenvalue weighted by Gasteiger charge is -2.14. The summed E-state index contributed by atoms with van der Waals surface area (Å²) >= 11 is 1.74. The first-order valence-electron chi connectivity index (χ1n) is 13.5. The van der Waals surface area contributed by atoms with Crippen LogP contribution in [-0.4, -0.2) is 17.8 Å². The Kier molecular flexibility index (Phi) is 18.3. The highest BCUT2D eigenvalue weighted by molar-refractivity contribution is 8.03. The predicted molar refractivity (Wildman–Crippen MR) is 168 cm³/mol. The van der Waals surface area contributed by atoms with Crippen LogP contribution in [-0.2, 0) is 4.79 Å². The van der Waals surface area contributed by atoms with Crippen molar-refractivity contribution in [2.75, 3.05) is 7.11 Å². The quantitative estimate of drug-likeness (QED) is 0.113.